The van der Waals surface area contributed by atoms with Gasteiger partial charge in [0.25, 0.3) is 0 Å². The van der Waals surface area contributed by atoms with Crippen LogP contribution in [0.2, 0.25) is 0 Å². The number of nitrogens with zero attached hydrogens (tertiary/aromatic N) is 1. The normalized spacial score (nSPS) is 11.6. The Morgan fingerprint density at radius 2 is 1.90 bits per heavy atom. The third-order valence-electron chi connectivity index (χ3n) is 3.43. The van der Waals surface area contributed by atoms with Crippen molar-refractivity contribution in [2.24, 2.45) is 0 Å². The molecule has 2 rings (SSSR count). The summed E-state index contributed by atoms with van der Waals surface area (Å²) in [4.78, 5) is 16.6. The molecule has 0 saturated heterocycles. The second-order valence-corrected chi connectivity index (χ2v) is 7.37. The monoisotopic (exact) mass is 301 g/mol. The van der Waals surface area contributed by atoms with Gasteiger partial charge < -0.3 is 0 Å². The molecule has 1 aromatic heterocycles. The summed E-state index contributed by atoms with van der Waals surface area (Å²) >= 11 is 1.60. The van der Waals surface area contributed by atoms with Crippen LogP contribution in [0.3, 0.4) is 0 Å². The lowest BCUT2D eigenvalue weighted by molar-refractivity contribution is -0.118. The van der Waals surface area contributed by atoms with Crippen molar-refractivity contribution in [3.05, 3.63) is 52.0 Å². The van der Waals surface area contributed by atoms with Gasteiger partial charge in [-0.05, 0) is 18.4 Å². The van der Waals surface area contributed by atoms with Crippen molar-refractivity contribution < 1.29 is 4.79 Å². The zero-order valence-corrected chi connectivity index (χ0v) is 13.9. The smallest absolute Gasteiger partial charge is 0.139 e. The number of ketones is 1. The minimum Gasteiger partial charge on any atom is -0.299 e. The van der Waals surface area contributed by atoms with Crippen LogP contribution in [0, 0.1) is 0 Å². The number of hydrogen-bond acceptors (Lipinski definition) is 3. The van der Waals surface area contributed by atoms with E-state index in [1.807, 2.05) is 18.2 Å². The summed E-state index contributed by atoms with van der Waals surface area (Å²) in [5.41, 5.74) is 2.44. The lowest BCUT2D eigenvalue weighted by atomic mass is 9.93. The van der Waals surface area contributed by atoms with Crippen molar-refractivity contribution in [3.8, 4) is 0 Å². The maximum absolute atomic E-state index is 12.0. The predicted octanol–water partition coefficient (Wildman–Crippen LogP) is 4.58. The quantitative estimate of drug-likeness (QED) is 0.782. The Balaban J connectivity index is 1.78. The van der Waals surface area contributed by atoms with E-state index in [1.54, 1.807) is 11.3 Å². The highest BCUT2D eigenvalue weighted by molar-refractivity contribution is 7.09. The molecular formula is C18H23NOS. The maximum Gasteiger partial charge on any atom is 0.139 e. The lowest BCUT2D eigenvalue weighted by Gasteiger charge is -2.14. The van der Waals surface area contributed by atoms with Crippen molar-refractivity contribution in [1.82, 2.24) is 4.98 Å². The highest BCUT2D eigenvalue weighted by Crippen LogP contribution is 2.24. The molecule has 2 nitrogen and oxygen atoms in total. The van der Waals surface area contributed by atoms with Gasteiger partial charge in [0.15, 0.2) is 0 Å². The van der Waals surface area contributed by atoms with Crippen molar-refractivity contribution >= 4 is 17.1 Å². The highest BCUT2D eigenvalue weighted by atomic mass is 32.1. The van der Waals surface area contributed by atoms with Crippen LogP contribution in [0.4, 0.5) is 0 Å². The molecule has 21 heavy (non-hydrogen) atoms. The van der Waals surface area contributed by atoms with Gasteiger partial charge in [-0.3, -0.25) is 4.79 Å². The fraction of sp³-hybridized carbons (Fsp3) is 0.444. The third-order valence-corrected chi connectivity index (χ3v) is 4.28. The first kappa shape index (κ1) is 15.9. The molecule has 0 aliphatic carbocycles. The molecule has 0 radical (unpaired) electrons. The van der Waals surface area contributed by atoms with Gasteiger partial charge in [-0.15, -0.1) is 11.3 Å². The summed E-state index contributed by atoms with van der Waals surface area (Å²) in [6, 6.07) is 10.3. The van der Waals surface area contributed by atoms with Gasteiger partial charge in [0.1, 0.15) is 10.8 Å². The van der Waals surface area contributed by atoms with Crippen molar-refractivity contribution in [1.29, 1.82) is 0 Å². The fourth-order valence-corrected chi connectivity index (χ4v) is 3.18. The Morgan fingerprint density at radius 1 is 1.19 bits per heavy atom. The van der Waals surface area contributed by atoms with Gasteiger partial charge in [-0.25, -0.2) is 4.98 Å². The molecule has 3 heteroatoms. The average molecular weight is 301 g/mol. The van der Waals surface area contributed by atoms with E-state index in [4.69, 9.17) is 0 Å². The van der Waals surface area contributed by atoms with E-state index in [-0.39, 0.29) is 5.41 Å². The second kappa shape index (κ2) is 6.99. The number of benzene rings is 1. The average Bonchev–Trinajstić information content (AvgIpc) is 2.88. The number of rotatable bonds is 6. The van der Waals surface area contributed by atoms with Crippen LogP contribution in [0.25, 0.3) is 0 Å². The Bertz CT molecular complexity index is 581. The van der Waals surface area contributed by atoms with E-state index in [0.29, 0.717) is 18.6 Å². The van der Waals surface area contributed by atoms with E-state index < -0.39 is 0 Å². The van der Waals surface area contributed by atoms with Gasteiger partial charge in [-0.2, -0.15) is 0 Å². The summed E-state index contributed by atoms with van der Waals surface area (Å²) < 4.78 is 0. The van der Waals surface area contributed by atoms with Crippen molar-refractivity contribution in [2.75, 3.05) is 0 Å². The van der Waals surface area contributed by atoms with E-state index in [9.17, 15) is 4.79 Å². The summed E-state index contributed by atoms with van der Waals surface area (Å²) in [6.45, 7) is 6.44. The number of hydrogen-bond donors (Lipinski definition) is 0. The van der Waals surface area contributed by atoms with E-state index in [1.165, 1.54) is 5.56 Å². The molecule has 0 aliphatic rings. The standard InChI is InChI=1S/C18H23NOS/c1-18(2,3)16-13-21-17(19-16)12-15(20)11-7-10-14-8-5-4-6-9-14/h4-6,8-9,13H,7,10-12H2,1-3H3. The molecule has 2 aromatic rings. The first-order valence-electron chi connectivity index (χ1n) is 7.45. The number of aryl methyl sites for hydroxylation is 1. The van der Waals surface area contributed by atoms with E-state index in [2.05, 4.69) is 43.3 Å². The molecule has 0 unspecified atom stereocenters. The molecule has 0 amide bonds. The Hall–Kier alpha value is -1.48. The SMILES string of the molecule is CC(C)(C)c1csc(CC(=O)CCCc2ccccc2)n1. The second-order valence-electron chi connectivity index (χ2n) is 6.43. The summed E-state index contributed by atoms with van der Waals surface area (Å²) in [5.74, 6) is 0.292. The molecule has 0 fully saturated rings. The van der Waals surface area contributed by atoms with E-state index >= 15 is 0 Å². The van der Waals surface area contributed by atoms with Gasteiger partial charge in [0, 0.05) is 17.2 Å². The van der Waals surface area contributed by atoms with Crippen LogP contribution < -0.4 is 0 Å². The van der Waals surface area contributed by atoms with Crippen molar-refractivity contribution in [2.45, 2.75) is 51.9 Å². The molecule has 0 aliphatic heterocycles. The first-order valence-corrected chi connectivity index (χ1v) is 8.33. The van der Waals surface area contributed by atoms with E-state index in [0.717, 1.165) is 23.5 Å². The highest BCUT2D eigenvalue weighted by Gasteiger charge is 2.18. The Labute approximate surface area is 131 Å². The minimum atomic E-state index is 0.0606. The zero-order valence-electron chi connectivity index (χ0n) is 13.1. The minimum absolute atomic E-state index is 0.0606. The number of Topliss-reactive ketones (excluding diaryl/α,β-unsaturated/α-hetero) is 1. The van der Waals surface area contributed by atoms with Crippen LogP contribution >= 0.6 is 11.3 Å². The summed E-state index contributed by atoms with van der Waals surface area (Å²) in [5, 5.41) is 3.02. The molecule has 0 spiro atoms. The fourth-order valence-electron chi connectivity index (χ4n) is 2.13. The van der Waals surface area contributed by atoms with Gasteiger partial charge >= 0.3 is 0 Å². The number of carbonyl (C=O) groups excluding carboxylic acids is 1. The first-order chi connectivity index (χ1) is 9.95. The molecule has 0 atom stereocenters. The predicted molar refractivity (Wildman–Crippen MR) is 88.9 cm³/mol. The van der Waals surface area contributed by atoms with Crippen LogP contribution in [0.1, 0.15) is 49.9 Å². The molecule has 0 N–H and O–H groups in total. The molecular weight excluding hydrogens is 278 g/mol. The molecule has 1 heterocycles. The van der Waals surface area contributed by atoms with Crippen LogP contribution in [-0.4, -0.2) is 10.8 Å². The third kappa shape index (κ3) is 5.09. The molecule has 0 bridgehead atoms. The summed E-state index contributed by atoms with van der Waals surface area (Å²) in [6.07, 6.45) is 3.01. The topological polar surface area (TPSA) is 30.0 Å². The van der Waals surface area contributed by atoms with Gasteiger partial charge in [0.05, 0.1) is 12.1 Å². The molecule has 1 aromatic carbocycles. The molecule has 0 saturated carbocycles. The van der Waals surface area contributed by atoms with Gasteiger partial charge in [-0.1, -0.05) is 51.1 Å². The molecule has 112 valence electrons. The zero-order chi connectivity index (χ0) is 15.3. The van der Waals surface area contributed by atoms with Crippen LogP contribution in [0.15, 0.2) is 35.7 Å². The van der Waals surface area contributed by atoms with Crippen LogP contribution in [-0.2, 0) is 23.1 Å². The van der Waals surface area contributed by atoms with Crippen molar-refractivity contribution in [3.63, 3.8) is 0 Å². The lowest BCUT2D eigenvalue weighted by Crippen LogP contribution is -2.12. The maximum atomic E-state index is 12.0. The Morgan fingerprint density at radius 3 is 2.52 bits per heavy atom. The number of carbonyl (C=O) groups is 1. The number of thiazole rings is 1. The Kier molecular flexibility index (Phi) is 5.29. The van der Waals surface area contributed by atoms with Gasteiger partial charge in [0.2, 0.25) is 0 Å². The summed E-state index contributed by atoms with van der Waals surface area (Å²) in [7, 11) is 0. The van der Waals surface area contributed by atoms with Crippen LogP contribution in [0.5, 0.6) is 0 Å². The largest absolute Gasteiger partial charge is 0.299 e. The number of aromatic nitrogens is 1.